The predicted octanol–water partition coefficient (Wildman–Crippen LogP) is 4.37. The van der Waals surface area contributed by atoms with Crippen LogP contribution in [-0.4, -0.2) is 0 Å². The minimum absolute atomic E-state index is 0.489. The molecule has 0 aliphatic rings. The molecule has 2 N–H and O–H groups in total. The molecule has 2 rings (SSSR count). The summed E-state index contributed by atoms with van der Waals surface area (Å²) in [4.78, 5) is 0. The van der Waals surface area contributed by atoms with Gasteiger partial charge in [-0.2, -0.15) is 10.5 Å². The molecule has 6 heteroatoms. The highest BCUT2D eigenvalue weighted by atomic mass is 35.5. The van der Waals surface area contributed by atoms with Gasteiger partial charge in [0.15, 0.2) is 12.4 Å². The summed E-state index contributed by atoms with van der Waals surface area (Å²) in [5.41, 5.74) is 3.16. The van der Waals surface area contributed by atoms with Crippen molar-refractivity contribution in [1.29, 1.82) is 10.5 Å². The van der Waals surface area contributed by atoms with Crippen LogP contribution in [-0.2, 0) is 6.42 Å². The number of hydrogen-bond acceptors (Lipinski definition) is 4. The normalized spacial score (nSPS) is 9.52. The Hall–Kier alpha value is -2.40. The van der Waals surface area contributed by atoms with Gasteiger partial charge in [0.05, 0.1) is 21.4 Å². The lowest BCUT2D eigenvalue weighted by molar-refractivity contribution is 1.19. The van der Waals surface area contributed by atoms with E-state index in [1.165, 1.54) is 0 Å². The number of nitrogens with one attached hydrogen (secondary N) is 2. The second kappa shape index (κ2) is 6.85. The Balaban J connectivity index is 2.19. The Morgan fingerprint density at radius 2 is 1.24 bits per heavy atom. The molecule has 2 aromatic carbocycles. The Labute approximate surface area is 132 Å². The number of nitrogens with zero attached hydrogens (tertiary/aromatic N) is 2. The largest absolute Gasteiger partial charge is 0.291 e. The van der Waals surface area contributed by atoms with Gasteiger partial charge in [-0.05, 0) is 41.8 Å². The monoisotopic (exact) mass is 316 g/mol. The molecule has 0 heterocycles. The van der Waals surface area contributed by atoms with Crippen molar-refractivity contribution in [3.8, 4) is 12.4 Å². The summed E-state index contributed by atoms with van der Waals surface area (Å²) in [5, 5.41) is 23.2. The number of nitriles is 2. The molecule has 0 saturated carbocycles. The summed E-state index contributed by atoms with van der Waals surface area (Å²) in [5.74, 6) is 0. The fourth-order valence-electron chi connectivity index (χ4n) is 1.90. The maximum absolute atomic E-state index is 8.59. The van der Waals surface area contributed by atoms with Gasteiger partial charge >= 0.3 is 0 Å². The summed E-state index contributed by atoms with van der Waals surface area (Å²) in [7, 11) is 0. The quantitative estimate of drug-likeness (QED) is 0.649. The van der Waals surface area contributed by atoms with Crippen LogP contribution in [0.5, 0.6) is 0 Å². The van der Waals surface area contributed by atoms with Crippen LogP contribution in [0, 0.1) is 22.9 Å². The van der Waals surface area contributed by atoms with E-state index in [1.54, 1.807) is 24.3 Å². The summed E-state index contributed by atoms with van der Waals surface area (Å²) in [6.45, 7) is 0. The molecular formula is C15H10Cl2N4. The molecule has 0 aromatic heterocycles. The number of hydrogen-bond donors (Lipinski definition) is 2. The molecule has 104 valence electrons. The van der Waals surface area contributed by atoms with E-state index in [9.17, 15) is 0 Å². The first-order chi connectivity index (χ1) is 10.1. The SMILES string of the molecule is N#CNc1ccc(Cc2ccc(NC#N)c(Cl)c2)cc1Cl. The number of benzene rings is 2. The van der Waals surface area contributed by atoms with E-state index >= 15 is 0 Å². The first kappa shape index (κ1) is 15.0. The van der Waals surface area contributed by atoms with E-state index in [2.05, 4.69) is 10.6 Å². The van der Waals surface area contributed by atoms with E-state index < -0.39 is 0 Å². The predicted molar refractivity (Wildman–Crippen MR) is 84.2 cm³/mol. The van der Waals surface area contributed by atoms with E-state index in [0.29, 0.717) is 27.8 Å². The Morgan fingerprint density at radius 3 is 1.57 bits per heavy atom. The zero-order chi connectivity index (χ0) is 15.2. The van der Waals surface area contributed by atoms with Crippen molar-refractivity contribution in [2.75, 3.05) is 10.6 Å². The van der Waals surface area contributed by atoms with Gasteiger partial charge in [-0.15, -0.1) is 0 Å². The molecular weight excluding hydrogens is 307 g/mol. The highest BCUT2D eigenvalue weighted by Crippen LogP contribution is 2.27. The molecule has 0 unspecified atom stereocenters. The lowest BCUT2D eigenvalue weighted by Gasteiger charge is -2.08. The standard InChI is InChI=1S/C15H10Cl2N4/c16-12-6-10(1-3-14(12)20-8-18)5-11-2-4-15(21-9-19)13(17)7-11/h1-4,6-7,20-21H,5H2. The highest BCUT2D eigenvalue weighted by molar-refractivity contribution is 6.33. The molecule has 0 radical (unpaired) electrons. The fraction of sp³-hybridized carbons (Fsp3) is 0.0667. The van der Waals surface area contributed by atoms with Crippen molar-refractivity contribution in [2.24, 2.45) is 0 Å². The number of rotatable bonds is 4. The first-order valence-electron chi connectivity index (χ1n) is 6.01. The van der Waals surface area contributed by atoms with Gasteiger partial charge in [0, 0.05) is 0 Å². The van der Waals surface area contributed by atoms with Crippen LogP contribution in [0.25, 0.3) is 0 Å². The maximum atomic E-state index is 8.59. The second-order valence-electron chi connectivity index (χ2n) is 4.28. The maximum Gasteiger partial charge on any atom is 0.181 e. The van der Waals surface area contributed by atoms with Crippen molar-refractivity contribution < 1.29 is 0 Å². The summed E-state index contributed by atoms with van der Waals surface area (Å²) in [6, 6.07) is 10.9. The third-order valence-corrected chi connectivity index (χ3v) is 3.48. The van der Waals surface area contributed by atoms with E-state index in [1.807, 2.05) is 24.5 Å². The zero-order valence-electron chi connectivity index (χ0n) is 10.8. The summed E-state index contributed by atoms with van der Waals surface area (Å²) < 4.78 is 0. The van der Waals surface area contributed by atoms with Crippen molar-refractivity contribution in [2.45, 2.75) is 6.42 Å². The van der Waals surface area contributed by atoms with Gasteiger partial charge in [0.2, 0.25) is 0 Å². The average molecular weight is 317 g/mol. The van der Waals surface area contributed by atoms with Crippen molar-refractivity contribution in [1.82, 2.24) is 0 Å². The Morgan fingerprint density at radius 1 is 0.810 bits per heavy atom. The van der Waals surface area contributed by atoms with Crippen LogP contribution in [0.15, 0.2) is 36.4 Å². The van der Waals surface area contributed by atoms with Crippen LogP contribution in [0.2, 0.25) is 10.0 Å². The average Bonchev–Trinajstić information content (AvgIpc) is 2.45. The molecule has 4 nitrogen and oxygen atoms in total. The molecule has 0 saturated heterocycles. The van der Waals surface area contributed by atoms with Gasteiger partial charge in [-0.25, -0.2) is 0 Å². The highest BCUT2D eigenvalue weighted by Gasteiger charge is 2.05. The fourth-order valence-corrected chi connectivity index (χ4v) is 2.40. The molecule has 2 aromatic rings. The van der Waals surface area contributed by atoms with Crippen LogP contribution >= 0.6 is 23.2 Å². The molecule has 0 aliphatic carbocycles. The van der Waals surface area contributed by atoms with Crippen LogP contribution < -0.4 is 10.6 Å². The summed E-state index contributed by atoms with van der Waals surface area (Å²) >= 11 is 12.2. The van der Waals surface area contributed by atoms with Gasteiger partial charge in [-0.1, -0.05) is 35.3 Å². The second-order valence-corrected chi connectivity index (χ2v) is 5.09. The van der Waals surface area contributed by atoms with E-state index in [0.717, 1.165) is 11.1 Å². The van der Waals surface area contributed by atoms with Crippen molar-refractivity contribution in [3.05, 3.63) is 57.6 Å². The third kappa shape index (κ3) is 3.79. The Bertz CT molecular complexity index is 681. The molecule has 0 aliphatic heterocycles. The smallest absolute Gasteiger partial charge is 0.181 e. The van der Waals surface area contributed by atoms with Gasteiger partial charge in [0.1, 0.15) is 0 Å². The number of halogens is 2. The first-order valence-corrected chi connectivity index (χ1v) is 6.76. The van der Waals surface area contributed by atoms with Crippen LogP contribution in [0.4, 0.5) is 11.4 Å². The summed E-state index contributed by atoms with van der Waals surface area (Å²) in [6.07, 6.45) is 4.32. The molecule has 0 bridgehead atoms. The minimum atomic E-state index is 0.489. The lowest BCUT2D eigenvalue weighted by atomic mass is 10.0. The number of anilines is 2. The zero-order valence-corrected chi connectivity index (χ0v) is 12.3. The van der Waals surface area contributed by atoms with Crippen LogP contribution in [0.3, 0.4) is 0 Å². The third-order valence-electron chi connectivity index (χ3n) is 2.86. The molecule has 21 heavy (non-hydrogen) atoms. The van der Waals surface area contributed by atoms with Gasteiger partial charge in [0.25, 0.3) is 0 Å². The molecule has 0 atom stereocenters. The van der Waals surface area contributed by atoms with E-state index in [4.69, 9.17) is 33.7 Å². The van der Waals surface area contributed by atoms with Gasteiger partial charge < -0.3 is 0 Å². The van der Waals surface area contributed by atoms with Crippen LogP contribution in [0.1, 0.15) is 11.1 Å². The Kier molecular flexibility index (Phi) is 4.90. The van der Waals surface area contributed by atoms with Crippen molar-refractivity contribution in [3.63, 3.8) is 0 Å². The molecule has 0 fully saturated rings. The van der Waals surface area contributed by atoms with Gasteiger partial charge in [-0.3, -0.25) is 10.6 Å². The lowest BCUT2D eigenvalue weighted by Crippen LogP contribution is -1.94. The van der Waals surface area contributed by atoms with Crippen molar-refractivity contribution >= 4 is 34.6 Å². The minimum Gasteiger partial charge on any atom is -0.291 e. The topological polar surface area (TPSA) is 71.6 Å². The van der Waals surface area contributed by atoms with E-state index in [-0.39, 0.29) is 0 Å². The molecule has 0 amide bonds. The molecule has 0 spiro atoms.